The van der Waals surface area contributed by atoms with E-state index < -0.39 is 0 Å². The lowest BCUT2D eigenvalue weighted by Crippen LogP contribution is -2.54. The third-order valence-corrected chi connectivity index (χ3v) is 5.13. The van der Waals surface area contributed by atoms with Crippen LogP contribution in [0, 0.1) is 5.92 Å². The number of nitrogens with zero attached hydrogens (tertiary/aromatic N) is 1. The van der Waals surface area contributed by atoms with Crippen molar-refractivity contribution in [2.75, 3.05) is 13.6 Å². The van der Waals surface area contributed by atoms with Crippen molar-refractivity contribution >= 4 is 0 Å². The van der Waals surface area contributed by atoms with Crippen molar-refractivity contribution in [1.82, 2.24) is 10.2 Å². The molecule has 0 saturated heterocycles. The molecule has 0 amide bonds. The largest absolute Gasteiger partial charge is 0.313 e. The predicted molar refractivity (Wildman–Crippen MR) is 85.6 cm³/mol. The highest BCUT2D eigenvalue weighted by Gasteiger charge is 2.33. The van der Waals surface area contributed by atoms with Gasteiger partial charge in [-0.25, -0.2) is 0 Å². The molecular formula is C17H36N2. The Kier molecular flexibility index (Phi) is 8.01. The van der Waals surface area contributed by atoms with Gasteiger partial charge < -0.3 is 5.32 Å². The molecule has 3 atom stereocenters. The molecule has 114 valence electrons. The van der Waals surface area contributed by atoms with Crippen LogP contribution in [0.1, 0.15) is 72.6 Å². The van der Waals surface area contributed by atoms with Gasteiger partial charge in [0.05, 0.1) is 0 Å². The van der Waals surface area contributed by atoms with Crippen LogP contribution in [0.15, 0.2) is 0 Å². The van der Waals surface area contributed by atoms with E-state index >= 15 is 0 Å². The first kappa shape index (κ1) is 17.0. The first-order valence-electron chi connectivity index (χ1n) is 8.63. The maximum absolute atomic E-state index is 3.74. The third-order valence-electron chi connectivity index (χ3n) is 5.13. The minimum absolute atomic E-state index is 0.712. The summed E-state index contributed by atoms with van der Waals surface area (Å²) in [5.74, 6) is 0.960. The van der Waals surface area contributed by atoms with E-state index in [2.05, 4.69) is 45.0 Å². The summed E-state index contributed by atoms with van der Waals surface area (Å²) in [4.78, 5) is 2.69. The fraction of sp³-hybridized carbons (Fsp3) is 1.00. The van der Waals surface area contributed by atoms with Crippen molar-refractivity contribution in [3.63, 3.8) is 0 Å². The summed E-state index contributed by atoms with van der Waals surface area (Å²) in [7, 11) is 2.36. The van der Waals surface area contributed by atoms with Crippen LogP contribution in [0.4, 0.5) is 0 Å². The van der Waals surface area contributed by atoms with Gasteiger partial charge in [-0.05, 0) is 51.6 Å². The van der Waals surface area contributed by atoms with Gasteiger partial charge >= 0.3 is 0 Å². The normalized spacial score (nSPS) is 28.3. The van der Waals surface area contributed by atoms with Gasteiger partial charge in [-0.2, -0.15) is 0 Å². The summed E-state index contributed by atoms with van der Waals surface area (Å²) in [6, 6.07) is 2.21. The van der Waals surface area contributed by atoms with E-state index in [0.29, 0.717) is 6.04 Å². The monoisotopic (exact) mass is 268 g/mol. The smallest absolute Gasteiger partial charge is 0.0251 e. The van der Waals surface area contributed by atoms with Gasteiger partial charge in [0, 0.05) is 18.1 Å². The Morgan fingerprint density at radius 2 is 1.79 bits per heavy atom. The summed E-state index contributed by atoms with van der Waals surface area (Å²) in [6.07, 6.45) is 9.52. The summed E-state index contributed by atoms with van der Waals surface area (Å²) in [6.45, 7) is 10.3. The van der Waals surface area contributed by atoms with Gasteiger partial charge in [0.1, 0.15) is 0 Å². The molecule has 3 unspecified atom stereocenters. The van der Waals surface area contributed by atoms with E-state index in [0.717, 1.165) is 24.5 Å². The molecule has 1 N–H and O–H groups in total. The number of rotatable bonds is 8. The van der Waals surface area contributed by atoms with Crippen molar-refractivity contribution in [3.8, 4) is 0 Å². The van der Waals surface area contributed by atoms with E-state index in [4.69, 9.17) is 0 Å². The molecule has 2 heteroatoms. The summed E-state index contributed by atoms with van der Waals surface area (Å²) >= 11 is 0. The quantitative estimate of drug-likeness (QED) is 0.714. The van der Waals surface area contributed by atoms with Crippen LogP contribution in [0.5, 0.6) is 0 Å². The van der Waals surface area contributed by atoms with Crippen molar-refractivity contribution < 1.29 is 0 Å². The summed E-state index contributed by atoms with van der Waals surface area (Å²) in [5.41, 5.74) is 0. The van der Waals surface area contributed by atoms with Crippen LogP contribution in [0.2, 0.25) is 0 Å². The highest BCUT2D eigenvalue weighted by atomic mass is 15.2. The van der Waals surface area contributed by atoms with E-state index in [1.165, 1.54) is 44.9 Å². The van der Waals surface area contributed by atoms with Gasteiger partial charge in [0.2, 0.25) is 0 Å². The predicted octanol–water partition coefficient (Wildman–Crippen LogP) is 4.05. The van der Waals surface area contributed by atoms with E-state index in [9.17, 15) is 0 Å². The maximum Gasteiger partial charge on any atom is 0.0251 e. The van der Waals surface area contributed by atoms with Crippen molar-refractivity contribution in [2.45, 2.75) is 90.8 Å². The summed E-state index contributed by atoms with van der Waals surface area (Å²) < 4.78 is 0. The fourth-order valence-corrected chi connectivity index (χ4v) is 3.99. The molecule has 1 aliphatic carbocycles. The molecule has 1 saturated carbocycles. The second-order valence-corrected chi connectivity index (χ2v) is 6.34. The fourth-order valence-electron chi connectivity index (χ4n) is 3.99. The van der Waals surface area contributed by atoms with Crippen LogP contribution in [-0.2, 0) is 0 Å². The SMILES string of the molecule is CCCC1CCC(NCC)C(N(C)C(CC)CC)C1. The van der Waals surface area contributed by atoms with Gasteiger partial charge in [0.15, 0.2) is 0 Å². The average molecular weight is 268 g/mol. The Balaban J connectivity index is 2.69. The first-order chi connectivity index (χ1) is 9.17. The van der Waals surface area contributed by atoms with Crippen LogP contribution in [0.3, 0.4) is 0 Å². The Morgan fingerprint density at radius 1 is 1.11 bits per heavy atom. The van der Waals surface area contributed by atoms with Gasteiger partial charge in [-0.1, -0.05) is 40.5 Å². The Hall–Kier alpha value is -0.0800. The molecule has 1 aliphatic rings. The van der Waals surface area contributed by atoms with Crippen LogP contribution < -0.4 is 5.32 Å². The Morgan fingerprint density at radius 3 is 2.32 bits per heavy atom. The number of hydrogen-bond acceptors (Lipinski definition) is 2. The lowest BCUT2D eigenvalue weighted by atomic mass is 9.79. The van der Waals surface area contributed by atoms with E-state index in [1.807, 2.05) is 0 Å². The minimum Gasteiger partial charge on any atom is -0.313 e. The Bertz CT molecular complexity index is 225. The highest BCUT2D eigenvalue weighted by molar-refractivity contribution is 4.91. The zero-order valence-electron chi connectivity index (χ0n) is 13.9. The molecule has 0 spiro atoms. The average Bonchev–Trinajstić information content (AvgIpc) is 2.42. The number of hydrogen-bond donors (Lipinski definition) is 1. The van der Waals surface area contributed by atoms with Gasteiger partial charge in [-0.15, -0.1) is 0 Å². The van der Waals surface area contributed by atoms with E-state index in [-0.39, 0.29) is 0 Å². The number of likely N-dealkylation sites (N-methyl/N-ethyl adjacent to an activating group) is 2. The molecule has 0 heterocycles. The molecular weight excluding hydrogens is 232 g/mol. The number of nitrogens with one attached hydrogen (secondary N) is 1. The molecule has 0 bridgehead atoms. The Labute approximate surface area is 121 Å². The zero-order chi connectivity index (χ0) is 14.3. The second-order valence-electron chi connectivity index (χ2n) is 6.34. The molecule has 1 fully saturated rings. The molecule has 0 aromatic rings. The molecule has 0 aliphatic heterocycles. The summed E-state index contributed by atoms with van der Waals surface area (Å²) in [5, 5.41) is 3.74. The molecule has 19 heavy (non-hydrogen) atoms. The molecule has 0 aromatic heterocycles. The van der Waals surface area contributed by atoms with Crippen molar-refractivity contribution in [1.29, 1.82) is 0 Å². The molecule has 0 aromatic carbocycles. The first-order valence-corrected chi connectivity index (χ1v) is 8.63. The molecule has 0 radical (unpaired) electrons. The maximum atomic E-state index is 3.74. The highest BCUT2D eigenvalue weighted by Crippen LogP contribution is 2.32. The second kappa shape index (κ2) is 8.97. The third kappa shape index (κ3) is 4.75. The van der Waals surface area contributed by atoms with Crippen LogP contribution in [0.25, 0.3) is 0 Å². The topological polar surface area (TPSA) is 15.3 Å². The lowest BCUT2D eigenvalue weighted by Gasteiger charge is -2.44. The van der Waals surface area contributed by atoms with Crippen LogP contribution >= 0.6 is 0 Å². The van der Waals surface area contributed by atoms with Gasteiger partial charge in [-0.3, -0.25) is 4.90 Å². The van der Waals surface area contributed by atoms with Gasteiger partial charge in [0.25, 0.3) is 0 Å². The standard InChI is InChI=1S/C17H36N2/c1-6-10-14-11-12-16(18-9-4)17(13-14)19(5)15(7-2)8-3/h14-18H,6-13H2,1-5H3. The van der Waals surface area contributed by atoms with Crippen molar-refractivity contribution in [2.24, 2.45) is 5.92 Å². The van der Waals surface area contributed by atoms with Crippen molar-refractivity contribution in [3.05, 3.63) is 0 Å². The lowest BCUT2D eigenvalue weighted by molar-refractivity contribution is 0.0780. The molecule has 2 nitrogen and oxygen atoms in total. The molecule has 1 rings (SSSR count). The van der Waals surface area contributed by atoms with E-state index in [1.54, 1.807) is 0 Å². The van der Waals surface area contributed by atoms with Crippen LogP contribution in [-0.4, -0.2) is 36.6 Å². The zero-order valence-corrected chi connectivity index (χ0v) is 13.9. The minimum atomic E-state index is 0.712.